The summed E-state index contributed by atoms with van der Waals surface area (Å²) in [6.45, 7) is 6.00. The molecule has 1 saturated heterocycles. The number of hydrogen-bond donors (Lipinski definition) is 2. The van der Waals surface area contributed by atoms with Gasteiger partial charge in [0.05, 0.1) is 12.6 Å². The van der Waals surface area contributed by atoms with E-state index in [-0.39, 0.29) is 6.10 Å². The zero-order valence-electron chi connectivity index (χ0n) is 8.73. The maximum absolute atomic E-state index is 9.94. The standard InChI is InChI=1S/C6H11NO2.C2H6.CH4O/c8-4-3-7-2-1-6(9)5-7;2*1-2/h4,6,9H,1-3,5H2;1-2H3;2H,1H3. The lowest BCUT2D eigenvalue weighted by molar-refractivity contribution is -0.108. The summed E-state index contributed by atoms with van der Waals surface area (Å²) in [5.41, 5.74) is 0. The number of rotatable bonds is 2. The van der Waals surface area contributed by atoms with Gasteiger partial charge in [-0.1, -0.05) is 13.8 Å². The number of likely N-dealkylation sites (tertiary alicyclic amines) is 1. The maximum atomic E-state index is 9.94. The third-order valence-corrected chi connectivity index (χ3v) is 1.58. The van der Waals surface area contributed by atoms with Gasteiger partial charge in [-0.3, -0.25) is 4.90 Å². The molecule has 0 aromatic carbocycles. The Hall–Kier alpha value is -0.450. The number of nitrogens with zero attached hydrogens (tertiary/aromatic N) is 1. The fraction of sp³-hybridized carbons (Fsp3) is 0.889. The van der Waals surface area contributed by atoms with Gasteiger partial charge in [0.15, 0.2) is 0 Å². The summed E-state index contributed by atoms with van der Waals surface area (Å²) in [4.78, 5) is 11.9. The zero-order chi connectivity index (χ0) is 10.7. The van der Waals surface area contributed by atoms with E-state index in [1.165, 1.54) is 0 Å². The monoisotopic (exact) mass is 191 g/mol. The van der Waals surface area contributed by atoms with Crippen molar-refractivity contribution in [3.8, 4) is 0 Å². The Labute approximate surface area is 80.2 Å². The van der Waals surface area contributed by atoms with Crippen LogP contribution in [-0.2, 0) is 4.79 Å². The number of β-amino-alcohol motifs (C(OH)–C–C–N with tert-alkyl or cyclic N) is 1. The first-order valence-electron chi connectivity index (χ1n) is 4.61. The molecule has 1 heterocycles. The van der Waals surface area contributed by atoms with E-state index in [1.807, 2.05) is 18.7 Å². The number of hydrogen-bond acceptors (Lipinski definition) is 4. The van der Waals surface area contributed by atoms with Crippen LogP contribution in [0, 0.1) is 0 Å². The molecule has 0 bridgehead atoms. The molecule has 13 heavy (non-hydrogen) atoms. The molecule has 1 atom stereocenters. The molecule has 80 valence electrons. The van der Waals surface area contributed by atoms with E-state index < -0.39 is 0 Å². The summed E-state index contributed by atoms with van der Waals surface area (Å²) in [6.07, 6.45) is 1.48. The highest BCUT2D eigenvalue weighted by molar-refractivity contribution is 5.52. The van der Waals surface area contributed by atoms with Gasteiger partial charge in [-0.05, 0) is 6.42 Å². The van der Waals surface area contributed by atoms with Crippen LogP contribution >= 0.6 is 0 Å². The maximum Gasteiger partial charge on any atom is 0.133 e. The molecule has 0 radical (unpaired) electrons. The van der Waals surface area contributed by atoms with Gasteiger partial charge in [0.25, 0.3) is 0 Å². The van der Waals surface area contributed by atoms with E-state index in [0.717, 1.165) is 26.4 Å². The molecule has 1 unspecified atom stereocenters. The minimum absolute atomic E-state index is 0.204. The summed E-state index contributed by atoms with van der Waals surface area (Å²) in [5.74, 6) is 0. The SMILES string of the molecule is CC.CO.O=CCN1CCC(O)C1. The van der Waals surface area contributed by atoms with Gasteiger partial charge in [-0.25, -0.2) is 0 Å². The summed E-state index contributed by atoms with van der Waals surface area (Å²) in [5, 5.41) is 16.0. The van der Waals surface area contributed by atoms with Gasteiger partial charge >= 0.3 is 0 Å². The van der Waals surface area contributed by atoms with E-state index in [0.29, 0.717) is 13.1 Å². The van der Waals surface area contributed by atoms with E-state index in [2.05, 4.69) is 0 Å². The Morgan fingerprint density at radius 3 is 2.31 bits per heavy atom. The fourth-order valence-electron chi connectivity index (χ4n) is 1.08. The van der Waals surface area contributed by atoms with Crippen molar-refractivity contribution in [2.45, 2.75) is 26.4 Å². The first kappa shape index (κ1) is 15.0. The van der Waals surface area contributed by atoms with Crippen molar-refractivity contribution in [2.75, 3.05) is 26.7 Å². The molecule has 1 aliphatic heterocycles. The Balaban J connectivity index is 0. The molecule has 1 rings (SSSR count). The summed E-state index contributed by atoms with van der Waals surface area (Å²) in [7, 11) is 1.00. The highest BCUT2D eigenvalue weighted by Gasteiger charge is 2.18. The second-order valence-corrected chi connectivity index (χ2v) is 2.37. The number of carbonyl (C=O) groups excluding carboxylic acids is 1. The van der Waals surface area contributed by atoms with Crippen molar-refractivity contribution in [3.63, 3.8) is 0 Å². The quantitative estimate of drug-likeness (QED) is 0.598. The topological polar surface area (TPSA) is 60.8 Å². The van der Waals surface area contributed by atoms with Crippen molar-refractivity contribution in [1.82, 2.24) is 4.90 Å². The summed E-state index contributed by atoms with van der Waals surface area (Å²) in [6, 6.07) is 0. The molecule has 0 spiro atoms. The number of aldehydes is 1. The first-order valence-corrected chi connectivity index (χ1v) is 4.61. The minimum atomic E-state index is -0.204. The average molecular weight is 191 g/mol. The molecule has 4 nitrogen and oxygen atoms in total. The molecule has 1 aliphatic rings. The molecule has 1 fully saturated rings. The van der Waals surface area contributed by atoms with Crippen LogP contribution in [0.15, 0.2) is 0 Å². The van der Waals surface area contributed by atoms with Crippen LogP contribution < -0.4 is 0 Å². The lowest BCUT2D eigenvalue weighted by Crippen LogP contribution is -2.23. The number of carbonyl (C=O) groups is 1. The van der Waals surface area contributed by atoms with Crippen LogP contribution in [0.1, 0.15) is 20.3 Å². The smallest absolute Gasteiger partial charge is 0.133 e. The van der Waals surface area contributed by atoms with Crippen LogP contribution in [0.5, 0.6) is 0 Å². The lowest BCUT2D eigenvalue weighted by Gasteiger charge is -2.08. The van der Waals surface area contributed by atoms with Crippen LogP contribution in [0.4, 0.5) is 0 Å². The molecule has 4 heteroatoms. The van der Waals surface area contributed by atoms with E-state index in [4.69, 9.17) is 10.2 Å². The highest BCUT2D eigenvalue weighted by atomic mass is 16.3. The fourth-order valence-corrected chi connectivity index (χ4v) is 1.08. The van der Waals surface area contributed by atoms with Gasteiger partial charge in [-0.15, -0.1) is 0 Å². The van der Waals surface area contributed by atoms with Crippen LogP contribution in [0.25, 0.3) is 0 Å². The summed E-state index contributed by atoms with van der Waals surface area (Å²) >= 11 is 0. The van der Waals surface area contributed by atoms with Crippen molar-refractivity contribution in [3.05, 3.63) is 0 Å². The molecule has 0 amide bonds. The highest BCUT2D eigenvalue weighted by Crippen LogP contribution is 2.06. The number of aliphatic hydroxyl groups is 2. The normalized spacial score (nSPS) is 20.8. The van der Waals surface area contributed by atoms with Gasteiger partial charge < -0.3 is 15.0 Å². The van der Waals surface area contributed by atoms with Crippen molar-refractivity contribution in [1.29, 1.82) is 0 Å². The zero-order valence-corrected chi connectivity index (χ0v) is 8.73. The van der Waals surface area contributed by atoms with Crippen molar-refractivity contribution < 1.29 is 15.0 Å². The third kappa shape index (κ3) is 7.90. The van der Waals surface area contributed by atoms with Crippen LogP contribution in [0.2, 0.25) is 0 Å². The van der Waals surface area contributed by atoms with Gasteiger partial charge in [-0.2, -0.15) is 0 Å². The Kier molecular flexibility index (Phi) is 13.4. The van der Waals surface area contributed by atoms with Crippen LogP contribution in [0.3, 0.4) is 0 Å². The molecule has 0 saturated carbocycles. The van der Waals surface area contributed by atoms with Gasteiger partial charge in [0.1, 0.15) is 6.29 Å². The molecular weight excluding hydrogens is 170 g/mol. The van der Waals surface area contributed by atoms with E-state index in [1.54, 1.807) is 0 Å². The van der Waals surface area contributed by atoms with Crippen LogP contribution in [-0.4, -0.2) is 54.2 Å². The molecule has 0 aliphatic carbocycles. The van der Waals surface area contributed by atoms with E-state index >= 15 is 0 Å². The largest absolute Gasteiger partial charge is 0.400 e. The average Bonchev–Trinajstić information content (AvgIpc) is 2.59. The predicted octanol–water partition coefficient (Wildman–Crippen LogP) is -0.113. The van der Waals surface area contributed by atoms with Crippen molar-refractivity contribution in [2.24, 2.45) is 0 Å². The van der Waals surface area contributed by atoms with Gasteiger partial charge in [0.2, 0.25) is 0 Å². The Morgan fingerprint density at radius 2 is 2.00 bits per heavy atom. The van der Waals surface area contributed by atoms with Gasteiger partial charge in [0, 0.05) is 20.2 Å². The van der Waals surface area contributed by atoms with Crippen molar-refractivity contribution >= 4 is 6.29 Å². The molecule has 2 N–H and O–H groups in total. The Morgan fingerprint density at radius 1 is 1.46 bits per heavy atom. The first-order chi connectivity index (χ1) is 6.33. The molecule has 0 aromatic heterocycles. The summed E-state index contributed by atoms with van der Waals surface area (Å²) < 4.78 is 0. The minimum Gasteiger partial charge on any atom is -0.400 e. The molecule has 0 aromatic rings. The Bertz CT molecular complexity index is 109. The number of aliphatic hydroxyl groups excluding tert-OH is 2. The third-order valence-electron chi connectivity index (χ3n) is 1.58. The molecular formula is C9H21NO3. The predicted molar refractivity (Wildman–Crippen MR) is 52.6 cm³/mol. The second-order valence-electron chi connectivity index (χ2n) is 2.37. The lowest BCUT2D eigenvalue weighted by atomic mass is 10.3. The second kappa shape index (κ2) is 11.6. The van der Waals surface area contributed by atoms with E-state index in [9.17, 15) is 4.79 Å².